The Morgan fingerprint density at radius 2 is 2.11 bits per heavy atom. The van der Waals surface area contributed by atoms with Crippen molar-refractivity contribution in [3.8, 4) is 5.75 Å². The van der Waals surface area contributed by atoms with Gasteiger partial charge in [-0.3, -0.25) is 0 Å². The molecule has 1 aromatic heterocycles. The van der Waals surface area contributed by atoms with E-state index in [9.17, 15) is 9.50 Å². The van der Waals surface area contributed by atoms with Gasteiger partial charge in [0.05, 0.1) is 11.7 Å². The van der Waals surface area contributed by atoms with Gasteiger partial charge in [0, 0.05) is 11.8 Å². The van der Waals surface area contributed by atoms with E-state index in [1.165, 1.54) is 18.2 Å². The van der Waals surface area contributed by atoms with Crippen LogP contribution in [0.15, 0.2) is 30.5 Å². The Labute approximate surface area is 116 Å². The smallest absolute Gasteiger partial charge is 0.152 e. The molecule has 2 aromatic rings. The highest BCUT2D eigenvalue weighted by Gasteiger charge is 2.14. The van der Waals surface area contributed by atoms with Gasteiger partial charge < -0.3 is 10.4 Å². The van der Waals surface area contributed by atoms with Crippen LogP contribution in [0.1, 0.15) is 24.1 Å². The number of anilines is 1. The molecule has 0 bridgehead atoms. The number of halogens is 2. The average molecular weight is 281 g/mol. The van der Waals surface area contributed by atoms with Crippen molar-refractivity contribution >= 4 is 17.3 Å². The number of phenolic OH excluding ortho intramolecular Hbond substituents is 1. The van der Waals surface area contributed by atoms with Crippen LogP contribution < -0.4 is 5.32 Å². The molecule has 0 fully saturated rings. The van der Waals surface area contributed by atoms with E-state index < -0.39 is 5.82 Å². The van der Waals surface area contributed by atoms with E-state index in [0.29, 0.717) is 16.4 Å². The number of rotatable bonds is 3. The molecule has 0 saturated heterocycles. The molecule has 2 rings (SSSR count). The van der Waals surface area contributed by atoms with Crippen LogP contribution >= 0.6 is 11.6 Å². The number of hydrogen-bond acceptors (Lipinski definition) is 3. The first-order valence-electron chi connectivity index (χ1n) is 5.85. The first-order valence-corrected chi connectivity index (χ1v) is 6.23. The molecule has 0 aliphatic rings. The number of phenols is 1. The third-order valence-corrected chi connectivity index (χ3v) is 3.22. The molecule has 1 unspecified atom stereocenters. The second-order valence-electron chi connectivity index (χ2n) is 4.36. The fourth-order valence-corrected chi connectivity index (χ4v) is 2.12. The van der Waals surface area contributed by atoms with E-state index in [1.807, 2.05) is 19.9 Å². The summed E-state index contributed by atoms with van der Waals surface area (Å²) < 4.78 is 13.2. The molecule has 1 aromatic carbocycles. The molecule has 3 nitrogen and oxygen atoms in total. The minimum Gasteiger partial charge on any atom is -0.508 e. The summed E-state index contributed by atoms with van der Waals surface area (Å²) in [6, 6.07) is 5.38. The fourth-order valence-electron chi connectivity index (χ4n) is 1.86. The van der Waals surface area contributed by atoms with Crippen LogP contribution in [-0.4, -0.2) is 10.1 Å². The first kappa shape index (κ1) is 13.6. The molecule has 0 amide bonds. The van der Waals surface area contributed by atoms with Crippen molar-refractivity contribution in [2.24, 2.45) is 0 Å². The highest BCUT2D eigenvalue weighted by Crippen LogP contribution is 2.31. The molecule has 0 aliphatic carbocycles. The zero-order valence-electron chi connectivity index (χ0n) is 10.6. The van der Waals surface area contributed by atoms with E-state index in [-0.39, 0.29) is 11.8 Å². The number of aryl methyl sites for hydroxylation is 1. The maximum absolute atomic E-state index is 13.2. The minimum atomic E-state index is -0.393. The van der Waals surface area contributed by atoms with Crippen molar-refractivity contribution in [1.29, 1.82) is 0 Å². The summed E-state index contributed by atoms with van der Waals surface area (Å²) in [6.45, 7) is 3.71. The Morgan fingerprint density at radius 1 is 1.37 bits per heavy atom. The van der Waals surface area contributed by atoms with Gasteiger partial charge in [0.25, 0.3) is 0 Å². The maximum Gasteiger partial charge on any atom is 0.152 e. The number of nitrogens with one attached hydrogen (secondary N) is 1. The molecule has 1 heterocycles. The summed E-state index contributed by atoms with van der Waals surface area (Å²) in [7, 11) is 0. The highest BCUT2D eigenvalue weighted by molar-refractivity contribution is 6.32. The van der Waals surface area contributed by atoms with Gasteiger partial charge in [0.1, 0.15) is 11.6 Å². The van der Waals surface area contributed by atoms with Crippen LogP contribution in [0.2, 0.25) is 5.15 Å². The van der Waals surface area contributed by atoms with Crippen LogP contribution in [0.25, 0.3) is 0 Å². The summed E-state index contributed by atoms with van der Waals surface area (Å²) in [6.07, 6.45) is 1.62. The van der Waals surface area contributed by atoms with Crippen LogP contribution in [0, 0.1) is 12.7 Å². The van der Waals surface area contributed by atoms with Crippen LogP contribution in [0.3, 0.4) is 0 Å². The van der Waals surface area contributed by atoms with Gasteiger partial charge in [-0.1, -0.05) is 11.6 Å². The normalized spacial score (nSPS) is 12.2. The van der Waals surface area contributed by atoms with Crippen molar-refractivity contribution in [2.75, 3.05) is 5.32 Å². The summed E-state index contributed by atoms with van der Waals surface area (Å²) in [5.74, 6) is -0.352. The van der Waals surface area contributed by atoms with Crippen LogP contribution in [0.5, 0.6) is 5.75 Å². The van der Waals surface area contributed by atoms with Gasteiger partial charge in [0.15, 0.2) is 5.15 Å². The zero-order valence-corrected chi connectivity index (χ0v) is 11.4. The van der Waals surface area contributed by atoms with Gasteiger partial charge in [-0.25, -0.2) is 9.37 Å². The summed E-state index contributed by atoms with van der Waals surface area (Å²) >= 11 is 6.02. The zero-order chi connectivity index (χ0) is 14.0. The van der Waals surface area contributed by atoms with Gasteiger partial charge in [-0.2, -0.15) is 0 Å². The monoisotopic (exact) mass is 280 g/mol. The molecule has 0 spiro atoms. The molecule has 0 aliphatic heterocycles. The third-order valence-electron chi connectivity index (χ3n) is 2.93. The Balaban J connectivity index is 2.31. The number of benzene rings is 1. The Bertz CT molecular complexity index is 584. The van der Waals surface area contributed by atoms with Gasteiger partial charge in [-0.05, 0) is 43.7 Å². The SMILES string of the molecule is Cc1ccnc(Cl)c1NC(C)c1cc(F)ccc1O. The van der Waals surface area contributed by atoms with Crippen LogP contribution in [-0.2, 0) is 0 Å². The molecule has 19 heavy (non-hydrogen) atoms. The molecular formula is C14H14ClFN2O. The van der Waals surface area contributed by atoms with E-state index in [2.05, 4.69) is 10.3 Å². The number of nitrogens with zero attached hydrogens (tertiary/aromatic N) is 1. The van der Waals surface area contributed by atoms with E-state index in [4.69, 9.17) is 11.6 Å². The molecule has 0 saturated carbocycles. The minimum absolute atomic E-state index is 0.0408. The number of aromatic hydroxyl groups is 1. The maximum atomic E-state index is 13.2. The van der Waals surface area contributed by atoms with E-state index in [0.717, 1.165) is 5.56 Å². The summed E-state index contributed by atoms with van der Waals surface area (Å²) in [4.78, 5) is 3.99. The van der Waals surface area contributed by atoms with Gasteiger partial charge >= 0.3 is 0 Å². The van der Waals surface area contributed by atoms with Gasteiger partial charge in [0.2, 0.25) is 0 Å². The van der Waals surface area contributed by atoms with Crippen molar-refractivity contribution in [3.05, 3.63) is 52.6 Å². The van der Waals surface area contributed by atoms with Crippen molar-refractivity contribution in [1.82, 2.24) is 4.98 Å². The third kappa shape index (κ3) is 2.96. The lowest BCUT2D eigenvalue weighted by atomic mass is 10.1. The standard InChI is InChI=1S/C14H14ClFN2O/c1-8-5-6-17-14(15)13(8)18-9(2)11-7-10(16)3-4-12(11)19/h3-7,9,18-19H,1-2H3. The van der Waals surface area contributed by atoms with Crippen molar-refractivity contribution in [2.45, 2.75) is 19.9 Å². The quantitative estimate of drug-likeness (QED) is 0.834. The molecule has 1 atom stereocenters. The van der Waals surface area contributed by atoms with Gasteiger partial charge in [-0.15, -0.1) is 0 Å². The highest BCUT2D eigenvalue weighted by atomic mass is 35.5. The Kier molecular flexibility index (Phi) is 3.90. The Hall–Kier alpha value is -1.81. The second kappa shape index (κ2) is 5.45. The van der Waals surface area contributed by atoms with Crippen LogP contribution in [0.4, 0.5) is 10.1 Å². The van der Waals surface area contributed by atoms with E-state index >= 15 is 0 Å². The molecule has 0 radical (unpaired) electrons. The number of pyridine rings is 1. The number of aromatic nitrogens is 1. The molecule has 5 heteroatoms. The lowest BCUT2D eigenvalue weighted by Gasteiger charge is -2.19. The topological polar surface area (TPSA) is 45.2 Å². The molecular weight excluding hydrogens is 267 g/mol. The summed E-state index contributed by atoms with van der Waals surface area (Å²) in [5.41, 5.74) is 2.09. The lowest BCUT2D eigenvalue weighted by Crippen LogP contribution is -2.09. The van der Waals surface area contributed by atoms with Crippen molar-refractivity contribution < 1.29 is 9.50 Å². The predicted molar refractivity (Wildman–Crippen MR) is 74.1 cm³/mol. The second-order valence-corrected chi connectivity index (χ2v) is 4.72. The largest absolute Gasteiger partial charge is 0.508 e. The van der Waals surface area contributed by atoms with E-state index in [1.54, 1.807) is 6.20 Å². The molecule has 100 valence electrons. The number of hydrogen-bond donors (Lipinski definition) is 2. The fraction of sp³-hybridized carbons (Fsp3) is 0.214. The van der Waals surface area contributed by atoms with Crippen molar-refractivity contribution in [3.63, 3.8) is 0 Å². The molecule has 2 N–H and O–H groups in total. The Morgan fingerprint density at radius 3 is 2.79 bits per heavy atom. The predicted octanol–water partition coefficient (Wildman–Crippen LogP) is 4.06. The average Bonchev–Trinajstić information content (AvgIpc) is 2.37. The lowest BCUT2D eigenvalue weighted by molar-refractivity contribution is 0.462. The first-order chi connectivity index (χ1) is 8.99. The summed E-state index contributed by atoms with van der Waals surface area (Å²) in [5, 5.41) is 13.3.